The molecule has 3 aliphatic rings. The Morgan fingerprint density at radius 3 is 1.57 bits per heavy atom. The summed E-state index contributed by atoms with van der Waals surface area (Å²) < 4.78 is 5.63. The normalized spacial score (nSPS) is 19.4. The lowest BCUT2D eigenvalue weighted by molar-refractivity contribution is -0.140. The minimum atomic E-state index is -0.338. The summed E-state index contributed by atoms with van der Waals surface area (Å²) in [6.07, 6.45) is 7.44. The van der Waals surface area contributed by atoms with Crippen molar-refractivity contribution >= 4 is 11.8 Å². The molecule has 5 heterocycles. The monoisotopic (exact) mass is 816 g/mol. The van der Waals surface area contributed by atoms with Crippen LogP contribution in [0.3, 0.4) is 0 Å². The molecule has 0 radical (unpaired) electrons. The van der Waals surface area contributed by atoms with Crippen molar-refractivity contribution in [3.8, 4) is 33.6 Å². The van der Waals surface area contributed by atoms with Crippen LogP contribution in [0.2, 0.25) is 0 Å². The second kappa shape index (κ2) is 18.4. The molecule has 4 aromatic carbocycles. The summed E-state index contributed by atoms with van der Waals surface area (Å²) in [6.45, 7) is 10.0. The smallest absolute Gasteiger partial charge is 0.245 e. The molecule has 0 spiro atoms. The van der Waals surface area contributed by atoms with Crippen molar-refractivity contribution in [2.45, 2.75) is 63.7 Å². The number of rotatable bonds is 13. The van der Waals surface area contributed by atoms with Gasteiger partial charge in [0.05, 0.1) is 49.1 Å². The first-order valence-corrected chi connectivity index (χ1v) is 22.1. The van der Waals surface area contributed by atoms with E-state index in [1.54, 1.807) is 0 Å². The molecule has 0 bridgehead atoms. The number of nitrogens with zero attached hydrogens (tertiary/aromatic N) is 6. The van der Waals surface area contributed by atoms with Gasteiger partial charge >= 0.3 is 0 Å². The Bertz CT molecular complexity index is 2370. The van der Waals surface area contributed by atoms with Gasteiger partial charge < -0.3 is 24.5 Å². The summed E-state index contributed by atoms with van der Waals surface area (Å²) in [5.74, 6) is 1.94. The highest BCUT2D eigenvalue weighted by atomic mass is 16.5. The molecule has 11 heteroatoms. The maximum Gasteiger partial charge on any atom is 0.245 e. The van der Waals surface area contributed by atoms with Gasteiger partial charge in [0.25, 0.3) is 0 Å². The third-order valence-electron chi connectivity index (χ3n) is 12.9. The third kappa shape index (κ3) is 8.42. The van der Waals surface area contributed by atoms with Gasteiger partial charge in [0.2, 0.25) is 11.8 Å². The number of aromatic nitrogens is 4. The second-order valence-corrected chi connectivity index (χ2v) is 16.4. The maximum absolute atomic E-state index is 14.3. The number of nitrogens with one attached hydrogen (secondary N) is 2. The average Bonchev–Trinajstić information content (AvgIpc) is 4.17. The lowest BCUT2D eigenvalue weighted by Crippen LogP contribution is -2.47. The Balaban J connectivity index is 0.864. The molecule has 3 fully saturated rings. The van der Waals surface area contributed by atoms with Crippen LogP contribution in [0, 0.1) is 0 Å². The standard InChI is InChI=1S/C50H56N8O3/c1-3-55(4-2)45(39-13-7-5-8-14-39)49(59)57-27-11-17-43(57)47-51-33-41(53-47)37-23-19-35(20-24-37)36-21-25-38(26-22-36)42-34-52-48(54-42)44-18-12-28-58(44)50(60)46(40-15-9-6-10-16-40)56-29-31-61-32-30-56/h5-10,13-16,19-26,33-34,43-46H,3-4,11-12,17-18,27-32H2,1-2H3,(H,51,53)(H,52,54)/t43-,44-,45+,46+/m0/s1. The average molecular weight is 817 g/mol. The highest BCUT2D eigenvalue weighted by molar-refractivity contribution is 5.85. The highest BCUT2D eigenvalue weighted by Crippen LogP contribution is 2.38. The number of carbonyl (C=O) groups excluding carboxylic acids is 2. The summed E-state index contributed by atoms with van der Waals surface area (Å²) in [6, 6.07) is 36.5. The van der Waals surface area contributed by atoms with Crippen molar-refractivity contribution in [1.29, 1.82) is 0 Å². The van der Waals surface area contributed by atoms with Crippen LogP contribution in [0.5, 0.6) is 0 Å². The largest absolute Gasteiger partial charge is 0.379 e. The molecule has 4 atom stereocenters. The van der Waals surface area contributed by atoms with Crippen molar-refractivity contribution in [2.24, 2.45) is 0 Å². The molecule has 0 aliphatic carbocycles. The summed E-state index contributed by atoms with van der Waals surface area (Å²) in [4.78, 5) is 54.0. The SMILES string of the molecule is CCN(CC)[C@@H](C(=O)N1CCC[C@H]1c1ncc(-c2ccc(-c3ccc(-c4cnc([C@@H]5CCCN5C(=O)[C@@H](c5ccccc5)N5CCOCC5)[nH]4)cc3)cc2)[nH]1)c1ccccc1. The topological polar surface area (TPSA) is 114 Å². The van der Waals surface area contributed by atoms with E-state index in [9.17, 15) is 9.59 Å². The first-order valence-electron chi connectivity index (χ1n) is 22.1. The summed E-state index contributed by atoms with van der Waals surface area (Å²) in [5.41, 5.74) is 8.25. The van der Waals surface area contributed by atoms with Gasteiger partial charge in [0, 0.05) is 26.2 Å². The van der Waals surface area contributed by atoms with Crippen LogP contribution in [0.4, 0.5) is 0 Å². The van der Waals surface area contributed by atoms with Crippen LogP contribution in [0.1, 0.15) is 86.5 Å². The number of likely N-dealkylation sites (tertiary alicyclic amines) is 2. The van der Waals surface area contributed by atoms with E-state index >= 15 is 0 Å². The number of H-pyrrole nitrogens is 2. The van der Waals surface area contributed by atoms with Crippen LogP contribution in [-0.4, -0.2) is 104 Å². The minimum absolute atomic E-state index is 0.0845. The van der Waals surface area contributed by atoms with Crippen LogP contribution in [0.15, 0.2) is 122 Å². The highest BCUT2D eigenvalue weighted by Gasteiger charge is 2.40. The fourth-order valence-electron chi connectivity index (χ4n) is 9.65. The molecule has 0 unspecified atom stereocenters. The zero-order chi connectivity index (χ0) is 41.7. The fraction of sp³-hybridized carbons (Fsp3) is 0.360. The van der Waals surface area contributed by atoms with E-state index in [4.69, 9.17) is 14.7 Å². The van der Waals surface area contributed by atoms with Gasteiger partial charge in [0.1, 0.15) is 23.7 Å². The first-order chi connectivity index (χ1) is 30.0. The van der Waals surface area contributed by atoms with Gasteiger partial charge in [-0.15, -0.1) is 0 Å². The Labute approximate surface area is 358 Å². The zero-order valence-electron chi connectivity index (χ0n) is 35.2. The zero-order valence-corrected chi connectivity index (χ0v) is 35.2. The van der Waals surface area contributed by atoms with Crippen molar-refractivity contribution in [3.63, 3.8) is 0 Å². The Morgan fingerprint density at radius 1 is 0.623 bits per heavy atom. The van der Waals surface area contributed by atoms with Crippen LogP contribution in [-0.2, 0) is 14.3 Å². The molecule has 3 aliphatic heterocycles. The van der Waals surface area contributed by atoms with Gasteiger partial charge in [-0.25, -0.2) is 9.97 Å². The van der Waals surface area contributed by atoms with Gasteiger partial charge in [0.15, 0.2) is 0 Å². The lowest BCUT2D eigenvalue weighted by atomic mass is 10.0. The molecular formula is C50H56N8O3. The molecule has 2 aromatic heterocycles. The molecule has 314 valence electrons. The minimum Gasteiger partial charge on any atom is -0.379 e. The van der Waals surface area contributed by atoms with Crippen molar-refractivity contribution in [2.75, 3.05) is 52.5 Å². The van der Waals surface area contributed by atoms with Crippen molar-refractivity contribution in [3.05, 3.63) is 144 Å². The number of carbonyl (C=O) groups is 2. The van der Waals surface area contributed by atoms with Crippen LogP contribution < -0.4 is 0 Å². The Morgan fingerprint density at radius 2 is 1.08 bits per heavy atom. The number of benzene rings is 4. The fourth-order valence-corrected chi connectivity index (χ4v) is 9.65. The van der Waals surface area contributed by atoms with E-state index in [0.717, 1.165) is 121 Å². The van der Waals surface area contributed by atoms with E-state index in [1.165, 1.54) is 0 Å². The van der Waals surface area contributed by atoms with E-state index < -0.39 is 0 Å². The predicted molar refractivity (Wildman–Crippen MR) is 238 cm³/mol. The Kier molecular flexibility index (Phi) is 12.2. The molecule has 2 N–H and O–H groups in total. The first kappa shape index (κ1) is 40.5. The molecular weight excluding hydrogens is 761 g/mol. The second-order valence-electron chi connectivity index (χ2n) is 16.4. The molecule has 3 saturated heterocycles. The van der Waals surface area contributed by atoms with Crippen LogP contribution in [0.25, 0.3) is 33.6 Å². The third-order valence-corrected chi connectivity index (χ3v) is 12.9. The number of hydrogen-bond acceptors (Lipinski definition) is 7. The summed E-state index contributed by atoms with van der Waals surface area (Å²) in [7, 11) is 0. The van der Waals surface area contributed by atoms with Gasteiger partial charge in [-0.1, -0.05) is 123 Å². The molecule has 6 aromatic rings. The quantitative estimate of drug-likeness (QED) is 0.120. The van der Waals surface area contributed by atoms with E-state index in [0.29, 0.717) is 13.2 Å². The predicted octanol–water partition coefficient (Wildman–Crippen LogP) is 8.62. The van der Waals surface area contributed by atoms with Crippen molar-refractivity contribution < 1.29 is 14.3 Å². The summed E-state index contributed by atoms with van der Waals surface area (Å²) in [5, 5.41) is 0. The van der Waals surface area contributed by atoms with Gasteiger partial charge in [-0.2, -0.15) is 0 Å². The number of morpholine rings is 1. The number of ether oxygens (including phenoxy) is 1. The molecule has 11 nitrogen and oxygen atoms in total. The van der Waals surface area contributed by atoms with Crippen molar-refractivity contribution in [1.82, 2.24) is 39.5 Å². The Hall–Kier alpha value is -5.88. The van der Waals surface area contributed by atoms with E-state index in [-0.39, 0.29) is 36.0 Å². The maximum atomic E-state index is 14.3. The number of aromatic amines is 2. The van der Waals surface area contributed by atoms with Crippen LogP contribution >= 0.6 is 0 Å². The lowest BCUT2D eigenvalue weighted by Gasteiger charge is -2.37. The number of imidazole rings is 2. The molecule has 9 rings (SSSR count). The number of likely N-dealkylation sites (N-methyl/N-ethyl adjacent to an activating group) is 1. The van der Waals surface area contributed by atoms with Gasteiger partial charge in [-0.05, 0) is 72.2 Å². The molecule has 0 saturated carbocycles. The van der Waals surface area contributed by atoms with Gasteiger partial charge in [-0.3, -0.25) is 19.4 Å². The van der Waals surface area contributed by atoms with E-state index in [2.05, 4.69) is 106 Å². The number of amides is 2. The summed E-state index contributed by atoms with van der Waals surface area (Å²) >= 11 is 0. The molecule has 2 amide bonds. The van der Waals surface area contributed by atoms with E-state index in [1.807, 2.05) is 58.6 Å². The number of hydrogen-bond donors (Lipinski definition) is 2. The molecule has 61 heavy (non-hydrogen) atoms.